The lowest BCUT2D eigenvalue weighted by atomic mass is 10.1. The highest BCUT2D eigenvalue weighted by molar-refractivity contribution is 6.06. The molecule has 3 aromatic carbocycles. The van der Waals surface area contributed by atoms with Crippen LogP contribution in [0.1, 0.15) is 27.3 Å². The Hall–Kier alpha value is -3.61. The maximum atomic E-state index is 13.2. The van der Waals surface area contributed by atoms with Crippen LogP contribution < -0.4 is 5.32 Å². The predicted octanol–water partition coefficient (Wildman–Crippen LogP) is 5.63. The molecule has 1 heterocycles. The fraction of sp³-hybridized carbons (Fsp3) is 0.167. The van der Waals surface area contributed by atoms with E-state index in [1.165, 1.54) is 23.8 Å². The average Bonchev–Trinajstić information content (AvgIpc) is 3.07. The van der Waals surface area contributed by atoms with Gasteiger partial charge in [0.1, 0.15) is 5.82 Å². The summed E-state index contributed by atoms with van der Waals surface area (Å²) in [6.07, 6.45) is -3.02. The molecule has 0 aliphatic heterocycles. The molecular weight excluding hydrogens is 403 g/mol. The molecule has 0 bridgehead atoms. The third kappa shape index (κ3) is 4.45. The number of benzene rings is 3. The summed E-state index contributed by atoms with van der Waals surface area (Å²) in [5.74, 6) is 0.0808. The van der Waals surface area contributed by atoms with Gasteiger partial charge in [0.05, 0.1) is 22.2 Å². The van der Waals surface area contributed by atoms with Crippen LogP contribution in [0.5, 0.6) is 0 Å². The molecule has 0 saturated heterocycles. The molecule has 0 fully saturated rings. The molecule has 31 heavy (non-hydrogen) atoms. The number of anilines is 1. The van der Waals surface area contributed by atoms with Crippen molar-refractivity contribution in [3.63, 3.8) is 0 Å². The van der Waals surface area contributed by atoms with Gasteiger partial charge in [-0.1, -0.05) is 42.5 Å². The molecule has 0 aliphatic rings. The SMILES string of the molecule is Cn1c(CCc2ccccc2)nc2cc(NC(=O)c3ccccc3C(F)(F)F)ccc21. The summed E-state index contributed by atoms with van der Waals surface area (Å²) >= 11 is 0. The van der Waals surface area contributed by atoms with E-state index in [-0.39, 0.29) is 0 Å². The first-order valence-corrected chi connectivity index (χ1v) is 9.80. The fourth-order valence-corrected chi connectivity index (χ4v) is 3.58. The number of fused-ring (bicyclic) bond motifs is 1. The summed E-state index contributed by atoms with van der Waals surface area (Å²) in [4.78, 5) is 17.2. The lowest BCUT2D eigenvalue weighted by Gasteiger charge is -2.12. The second-order valence-electron chi connectivity index (χ2n) is 7.27. The Bertz CT molecular complexity index is 1230. The number of nitrogens with one attached hydrogen (secondary N) is 1. The van der Waals surface area contributed by atoms with E-state index in [1.54, 1.807) is 18.2 Å². The topological polar surface area (TPSA) is 46.9 Å². The van der Waals surface area contributed by atoms with E-state index in [4.69, 9.17) is 0 Å². The molecular formula is C24H20F3N3O. The largest absolute Gasteiger partial charge is 0.417 e. The van der Waals surface area contributed by atoms with Crippen LogP contribution in [-0.4, -0.2) is 15.5 Å². The normalized spacial score (nSPS) is 11.6. The molecule has 1 amide bonds. The monoisotopic (exact) mass is 423 g/mol. The van der Waals surface area contributed by atoms with Gasteiger partial charge in [-0.2, -0.15) is 13.2 Å². The minimum atomic E-state index is -4.60. The van der Waals surface area contributed by atoms with E-state index in [9.17, 15) is 18.0 Å². The number of carbonyl (C=O) groups is 1. The van der Waals surface area contributed by atoms with Crippen molar-refractivity contribution in [1.29, 1.82) is 0 Å². The zero-order valence-electron chi connectivity index (χ0n) is 16.8. The Balaban J connectivity index is 1.55. The highest BCUT2D eigenvalue weighted by Gasteiger charge is 2.34. The van der Waals surface area contributed by atoms with Crippen molar-refractivity contribution in [2.24, 2.45) is 7.05 Å². The number of amides is 1. The number of nitrogens with zero attached hydrogens (tertiary/aromatic N) is 2. The quantitative estimate of drug-likeness (QED) is 0.452. The maximum Gasteiger partial charge on any atom is 0.417 e. The molecule has 4 rings (SSSR count). The molecule has 0 saturated carbocycles. The molecule has 1 aromatic heterocycles. The molecule has 7 heteroatoms. The van der Waals surface area contributed by atoms with E-state index < -0.39 is 23.2 Å². The number of imidazole rings is 1. The lowest BCUT2D eigenvalue weighted by molar-refractivity contribution is -0.137. The van der Waals surface area contributed by atoms with E-state index in [2.05, 4.69) is 22.4 Å². The van der Waals surface area contributed by atoms with Gasteiger partial charge in [-0.25, -0.2) is 4.98 Å². The number of aryl methyl sites for hydroxylation is 3. The number of halogens is 3. The minimum absolute atomic E-state index is 0.391. The first-order chi connectivity index (χ1) is 14.8. The molecule has 4 aromatic rings. The third-order valence-electron chi connectivity index (χ3n) is 5.19. The summed E-state index contributed by atoms with van der Waals surface area (Å²) in [6, 6.07) is 20.0. The molecule has 1 N–H and O–H groups in total. The first kappa shape index (κ1) is 20.7. The Morgan fingerprint density at radius 3 is 2.42 bits per heavy atom. The molecule has 0 unspecified atom stereocenters. The Kier molecular flexibility index (Phi) is 5.50. The van der Waals surface area contributed by atoms with Crippen LogP contribution in [0.2, 0.25) is 0 Å². The van der Waals surface area contributed by atoms with Crippen LogP contribution in [0.4, 0.5) is 18.9 Å². The Labute approximate surface area is 177 Å². The van der Waals surface area contributed by atoms with Gasteiger partial charge < -0.3 is 9.88 Å². The number of hydrogen-bond acceptors (Lipinski definition) is 2. The van der Waals surface area contributed by atoms with Gasteiger partial charge >= 0.3 is 6.18 Å². The summed E-state index contributed by atoms with van der Waals surface area (Å²) in [5.41, 5.74) is 1.78. The van der Waals surface area contributed by atoms with Crippen LogP contribution in [0.15, 0.2) is 72.8 Å². The molecule has 0 atom stereocenters. The average molecular weight is 423 g/mol. The van der Waals surface area contributed by atoms with Crippen molar-refractivity contribution in [3.8, 4) is 0 Å². The highest BCUT2D eigenvalue weighted by atomic mass is 19.4. The number of rotatable bonds is 5. The van der Waals surface area contributed by atoms with Crippen molar-refractivity contribution >= 4 is 22.6 Å². The smallest absolute Gasteiger partial charge is 0.331 e. The second-order valence-corrected chi connectivity index (χ2v) is 7.27. The first-order valence-electron chi connectivity index (χ1n) is 9.80. The highest BCUT2D eigenvalue weighted by Crippen LogP contribution is 2.32. The van der Waals surface area contributed by atoms with Gasteiger partial charge in [0.25, 0.3) is 5.91 Å². The van der Waals surface area contributed by atoms with Crippen molar-refractivity contribution in [3.05, 3.63) is 95.3 Å². The Morgan fingerprint density at radius 1 is 0.968 bits per heavy atom. The third-order valence-corrected chi connectivity index (χ3v) is 5.19. The number of carbonyl (C=O) groups excluding carboxylic acids is 1. The predicted molar refractivity (Wildman–Crippen MR) is 114 cm³/mol. The number of aromatic nitrogens is 2. The van der Waals surface area contributed by atoms with Gasteiger partial charge in [0.2, 0.25) is 0 Å². The molecule has 0 radical (unpaired) electrons. The number of hydrogen-bond donors (Lipinski definition) is 1. The molecule has 158 valence electrons. The van der Waals surface area contributed by atoms with Crippen molar-refractivity contribution in [2.45, 2.75) is 19.0 Å². The Morgan fingerprint density at radius 2 is 1.68 bits per heavy atom. The molecule has 0 aliphatic carbocycles. The van der Waals surface area contributed by atoms with Crippen molar-refractivity contribution in [1.82, 2.24) is 9.55 Å². The van der Waals surface area contributed by atoms with Gasteiger partial charge in [0, 0.05) is 19.2 Å². The second kappa shape index (κ2) is 8.26. The van der Waals surface area contributed by atoms with E-state index in [1.807, 2.05) is 29.8 Å². The minimum Gasteiger partial charge on any atom is -0.331 e. The summed E-state index contributed by atoms with van der Waals surface area (Å²) in [7, 11) is 1.92. The standard InChI is InChI=1S/C24H20F3N3O/c1-30-21-13-12-17(28-23(31)18-9-5-6-10-19(18)24(25,26)27)15-20(21)29-22(30)14-11-16-7-3-2-4-8-16/h2-10,12-13,15H,11,14H2,1H3,(H,28,31). The zero-order valence-corrected chi connectivity index (χ0v) is 16.8. The summed E-state index contributed by atoms with van der Waals surface area (Å²) in [6.45, 7) is 0. The van der Waals surface area contributed by atoms with Crippen LogP contribution in [0.25, 0.3) is 11.0 Å². The van der Waals surface area contributed by atoms with Gasteiger partial charge in [-0.3, -0.25) is 4.79 Å². The van der Waals surface area contributed by atoms with E-state index in [0.29, 0.717) is 11.2 Å². The van der Waals surface area contributed by atoms with Crippen molar-refractivity contribution < 1.29 is 18.0 Å². The van der Waals surface area contributed by atoms with Gasteiger partial charge in [0.15, 0.2) is 0 Å². The number of alkyl halides is 3. The molecule has 4 nitrogen and oxygen atoms in total. The zero-order chi connectivity index (χ0) is 22.0. The van der Waals surface area contributed by atoms with Crippen molar-refractivity contribution in [2.75, 3.05) is 5.32 Å². The summed E-state index contributed by atoms with van der Waals surface area (Å²) in [5, 5.41) is 2.56. The van der Waals surface area contributed by atoms with Crippen LogP contribution in [-0.2, 0) is 26.1 Å². The van der Waals surface area contributed by atoms with Crippen LogP contribution in [0, 0.1) is 0 Å². The maximum absolute atomic E-state index is 13.2. The van der Waals surface area contributed by atoms with Gasteiger partial charge in [-0.05, 0) is 42.3 Å². The lowest BCUT2D eigenvalue weighted by Crippen LogP contribution is -2.18. The van der Waals surface area contributed by atoms with Gasteiger partial charge in [-0.15, -0.1) is 0 Å². The van der Waals surface area contributed by atoms with E-state index in [0.717, 1.165) is 30.2 Å². The van der Waals surface area contributed by atoms with Crippen LogP contribution in [0.3, 0.4) is 0 Å². The fourth-order valence-electron chi connectivity index (χ4n) is 3.58. The van der Waals surface area contributed by atoms with E-state index >= 15 is 0 Å². The van der Waals surface area contributed by atoms with Crippen LogP contribution >= 0.6 is 0 Å². The summed E-state index contributed by atoms with van der Waals surface area (Å²) < 4.78 is 41.6. The molecule has 0 spiro atoms.